The van der Waals surface area contributed by atoms with E-state index in [2.05, 4.69) is 38.7 Å². The van der Waals surface area contributed by atoms with Gasteiger partial charge in [-0.15, -0.1) is 11.3 Å². The normalized spacial score (nSPS) is 8.00. The van der Waals surface area contributed by atoms with E-state index in [-0.39, 0.29) is 0 Å². The molecule has 4 heterocycles. The van der Waals surface area contributed by atoms with E-state index < -0.39 is 0 Å². The van der Waals surface area contributed by atoms with Gasteiger partial charge < -0.3 is 13.5 Å². The zero-order chi connectivity index (χ0) is 14.1. The highest BCUT2D eigenvalue weighted by atomic mass is 32.1. The van der Waals surface area contributed by atoms with Crippen molar-refractivity contribution in [3.8, 4) is 0 Å². The molecule has 0 radical (unpaired) electrons. The molecule has 0 aliphatic heterocycles. The van der Waals surface area contributed by atoms with Crippen LogP contribution in [0.3, 0.4) is 0 Å². The first kappa shape index (κ1) is 15.2. The van der Waals surface area contributed by atoms with Crippen molar-refractivity contribution in [3.63, 3.8) is 0 Å². The third kappa shape index (κ3) is 10.4. The minimum atomic E-state index is 1.26. The molecular weight excluding hydrogens is 282 g/mol. The summed E-state index contributed by atoms with van der Waals surface area (Å²) >= 11 is 1.60. The molecule has 0 saturated carbocycles. The monoisotopic (exact) mass is 293 g/mol. The highest BCUT2D eigenvalue weighted by Gasteiger charge is 1.61. The Balaban J connectivity index is 0.000000133. The van der Waals surface area contributed by atoms with Crippen molar-refractivity contribution in [2.75, 3.05) is 0 Å². The van der Waals surface area contributed by atoms with Gasteiger partial charge >= 0.3 is 0 Å². The Kier molecular flexibility index (Phi) is 9.64. The Morgan fingerprint density at radius 1 is 0.800 bits per heavy atom. The van der Waals surface area contributed by atoms with E-state index >= 15 is 0 Å². The SMILES string of the molecule is c1cnoc1.c1cocn1.c1cscn1.c1ncon1. The largest absolute Gasteiger partial charge is 0.452 e. The first-order chi connectivity index (χ1) is 10.0. The average molecular weight is 293 g/mol. The molecule has 0 atom stereocenters. The van der Waals surface area contributed by atoms with Crippen molar-refractivity contribution >= 4 is 11.3 Å². The molecule has 9 heteroatoms. The lowest BCUT2D eigenvalue weighted by Crippen LogP contribution is -1.44. The predicted octanol–water partition coefficient (Wildman–Crippen LogP) is 2.56. The molecule has 0 N–H and O–H groups in total. The quantitative estimate of drug-likeness (QED) is 0.487. The van der Waals surface area contributed by atoms with Crippen LogP contribution in [0.2, 0.25) is 0 Å². The van der Waals surface area contributed by atoms with Crippen LogP contribution >= 0.6 is 11.3 Å². The predicted molar refractivity (Wildman–Crippen MR) is 69.4 cm³/mol. The molecule has 8 nitrogen and oxygen atoms in total. The maximum atomic E-state index is 4.47. The fourth-order valence-corrected chi connectivity index (χ4v) is 1.01. The molecule has 0 aliphatic carbocycles. The second kappa shape index (κ2) is 12.6. The first-order valence-electron chi connectivity index (χ1n) is 5.18. The van der Waals surface area contributed by atoms with Crippen LogP contribution in [-0.4, -0.2) is 25.3 Å². The second-order valence-electron chi connectivity index (χ2n) is 2.62. The topological polar surface area (TPSA) is 104 Å². The fraction of sp³-hybridized carbons (Fsp3) is 0. The molecule has 0 aromatic carbocycles. The summed E-state index contributed by atoms with van der Waals surface area (Å²) in [6.45, 7) is 0. The lowest BCUT2D eigenvalue weighted by molar-refractivity contribution is 0.416. The third-order valence-corrected chi connectivity index (χ3v) is 1.85. The Morgan fingerprint density at radius 2 is 1.80 bits per heavy atom. The molecule has 0 fully saturated rings. The standard InChI is InChI=1S/2C3H3NO.C3H3NS.C2H2N2O/c1-2-5-3-4-1;1-2-4-5-3-1;1-2-5-3-4-1;1-3-2-5-4-1/h3*1-3H;1-2H. The van der Waals surface area contributed by atoms with Crippen molar-refractivity contribution in [1.82, 2.24) is 25.3 Å². The van der Waals surface area contributed by atoms with Gasteiger partial charge in [0.15, 0.2) is 12.7 Å². The molecule has 104 valence electrons. The summed E-state index contributed by atoms with van der Waals surface area (Å²) in [7, 11) is 0. The van der Waals surface area contributed by atoms with Crippen LogP contribution in [-0.2, 0) is 0 Å². The van der Waals surface area contributed by atoms with E-state index in [9.17, 15) is 0 Å². The Hall–Kier alpha value is -2.81. The van der Waals surface area contributed by atoms with E-state index in [0.717, 1.165) is 0 Å². The molecular formula is C11H11N5O3S. The minimum Gasteiger partial charge on any atom is -0.452 e. The molecule has 0 amide bonds. The van der Waals surface area contributed by atoms with E-state index in [0.29, 0.717) is 0 Å². The molecule has 0 saturated heterocycles. The summed E-state index contributed by atoms with van der Waals surface area (Å²) in [6.07, 6.45) is 11.9. The van der Waals surface area contributed by atoms with Gasteiger partial charge in [0, 0.05) is 11.6 Å². The Labute approximate surface area is 118 Å². The number of hydrogen-bond donors (Lipinski definition) is 0. The molecule has 0 spiro atoms. The van der Waals surface area contributed by atoms with Crippen molar-refractivity contribution in [2.24, 2.45) is 0 Å². The van der Waals surface area contributed by atoms with Gasteiger partial charge in [0.2, 0.25) is 6.39 Å². The van der Waals surface area contributed by atoms with Gasteiger partial charge in [-0.25, -0.2) is 9.97 Å². The Bertz CT molecular complexity index is 363. The smallest absolute Gasteiger partial charge is 0.213 e. The van der Waals surface area contributed by atoms with Gasteiger partial charge in [0.25, 0.3) is 0 Å². The number of nitrogens with zero attached hydrogens (tertiary/aromatic N) is 5. The molecule has 4 aromatic heterocycles. The zero-order valence-electron chi connectivity index (χ0n) is 10.2. The number of thiazole rings is 1. The van der Waals surface area contributed by atoms with Gasteiger partial charge in [0.1, 0.15) is 12.5 Å². The van der Waals surface area contributed by atoms with Crippen LogP contribution in [0.15, 0.2) is 80.7 Å². The van der Waals surface area contributed by atoms with Crippen LogP contribution in [0.5, 0.6) is 0 Å². The van der Waals surface area contributed by atoms with Crippen molar-refractivity contribution in [1.29, 1.82) is 0 Å². The van der Waals surface area contributed by atoms with Crippen molar-refractivity contribution in [2.45, 2.75) is 0 Å². The molecule has 0 bridgehead atoms. The van der Waals surface area contributed by atoms with Gasteiger partial charge in [-0.05, 0) is 6.07 Å². The lowest BCUT2D eigenvalue weighted by Gasteiger charge is -1.48. The van der Waals surface area contributed by atoms with E-state index in [4.69, 9.17) is 0 Å². The summed E-state index contributed by atoms with van der Waals surface area (Å²) in [5.74, 6) is 0. The van der Waals surface area contributed by atoms with Crippen LogP contribution in [0.4, 0.5) is 0 Å². The molecule has 0 unspecified atom stereocenters. The minimum absolute atomic E-state index is 1.26. The van der Waals surface area contributed by atoms with Gasteiger partial charge in [-0.1, -0.05) is 10.3 Å². The summed E-state index contributed by atoms with van der Waals surface area (Å²) in [5, 5.41) is 8.51. The van der Waals surface area contributed by atoms with Crippen LogP contribution in [0.1, 0.15) is 0 Å². The Morgan fingerprint density at radius 3 is 2.00 bits per heavy atom. The van der Waals surface area contributed by atoms with Crippen molar-refractivity contribution < 1.29 is 13.5 Å². The molecule has 4 aromatic rings. The number of hydrogen-bond acceptors (Lipinski definition) is 9. The highest BCUT2D eigenvalue weighted by molar-refractivity contribution is 7.07. The summed E-state index contributed by atoms with van der Waals surface area (Å²) in [4.78, 5) is 10.7. The maximum absolute atomic E-state index is 4.47. The van der Waals surface area contributed by atoms with Crippen LogP contribution < -0.4 is 0 Å². The average Bonchev–Trinajstić information content (AvgIpc) is 3.40. The highest BCUT2D eigenvalue weighted by Crippen LogP contribution is 1.85. The summed E-state index contributed by atoms with van der Waals surface area (Å²) in [5.41, 5.74) is 1.79. The van der Waals surface area contributed by atoms with E-state index in [1.165, 1.54) is 31.6 Å². The van der Waals surface area contributed by atoms with E-state index in [1.54, 1.807) is 41.5 Å². The fourth-order valence-electron chi connectivity index (χ4n) is 0.663. The van der Waals surface area contributed by atoms with Crippen molar-refractivity contribution in [3.05, 3.63) is 67.2 Å². The number of aromatic nitrogens is 5. The van der Waals surface area contributed by atoms with Gasteiger partial charge in [-0.3, -0.25) is 4.98 Å². The molecule has 20 heavy (non-hydrogen) atoms. The molecule has 4 rings (SSSR count). The first-order valence-corrected chi connectivity index (χ1v) is 6.12. The second-order valence-corrected chi connectivity index (χ2v) is 3.38. The van der Waals surface area contributed by atoms with Crippen LogP contribution in [0.25, 0.3) is 0 Å². The number of oxazole rings is 1. The summed E-state index contributed by atoms with van der Waals surface area (Å²) in [6, 6.07) is 1.72. The summed E-state index contributed by atoms with van der Waals surface area (Å²) < 4.78 is 13.0. The maximum Gasteiger partial charge on any atom is 0.213 e. The van der Waals surface area contributed by atoms with Crippen LogP contribution in [0, 0.1) is 0 Å². The zero-order valence-corrected chi connectivity index (χ0v) is 11.0. The number of rotatable bonds is 0. The van der Waals surface area contributed by atoms with Gasteiger partial charge in [-0.2, -0.15) is 0 Å². The third-order valence-electron chi connectivity index (χ3n) is 1.32. The van der Waals surface area contributed by atoms with E-state index in [1.807, 2.05) is 5.38 Å². The van der Waals surface area contributed by atoms with Gasteiger partial charge in [0.05, 0.1) is 17.9 Å². The lowest BCUT2D eigenvalue weighted by atomic mass is 10.8. The molecule has 0 aliphatic rings.